The number of hydrogen-bond acceptors (Lipinski definition) is 7. The highest BCUT2D eigenvalue weighted by Crippen LogP contribution is 2.27. The largest absolute Gasteiger partial charge is 0.467 e. The molecular weight excluding hydrogens is 350 g/mol. The Morgan fingerprint density at radius 3 is 2.56 bits per heavy atom. The molecule has 2 rings (SSSR count). The van der Waals surface area contributed by atoms with E-state index < -0.39 is 24.5 Å². The van der Waals surface area contributed by atoms with Gasteiger partial charge in [0.15, 0.2) is 11.7 Å². The van der Waals surface area contributed by atoms with E-state index in [1.165, 1.54) is 13.3 Å². The zero-order valence-corrected chi connectivity index (χ0v) is 15.9. The van der Waals surface area contributed by atoms with Gasteiger partial charge in [0.25, 0.3) is 5.91 Å². The molecule has 0 aliphatic carbocycles. The summed E-state index contributed by atoms with van der Waals surface area (Å²) >= 11 is 0. The number of esters is 1. The van der Waals surface area contributed by atoms with E-state index in [-0.39, 0.29) is 11.6 Å². The second kappa shape index (κ2) is 9.86. The summed E-state index contributed by atoms with van der Waals surface area (Å²) in [5, 5.41) is 22.8. The van der Waals surface area contributed by atoms with Gasteiger partial charge in [-0.05, 0) is 12.8 Å². The Morgan fingerprint density at radius 2 is 1.96 bits per heavy atom. The van der Waals surface area contributed by atoms with Gasteiger partial charge in [-0.2, -0.15) is 5.10 Å². The fraction of sp³-hybridized carbons (Fsp3) is 0.556. The number of amides is 1. The molecule has 4 N–H and O–H groups in total. The summed E-state index contributed by atoms with van der Waals surface area (Å²) in [6, 6.07) is -0.946. The number of anilines is 1. The van der Waals surface area contributed by atoms with Gasteiger partial charge < -0.3 is 20.5 Å². The van der Waals surface area contributed by atoms with Crippen molar-refractivity contribution in [3.05, 3.63) is 18.0 Å². The van der Waals surface area contributed by atoms with Gasteiger partial charge in [0, 0.05) is 12.2 Å². The fourth-order valence-corrected chi connectivity index (χ4v) is 2.97. The molecule has 2 heterocycles. The molecule has 0 radical (unpaired) electrons. The van der Waals surface area contributed by atoms with Crippen molar-refractivity contribution in [2.75, 3.05) is 19.0 Å². The molecule has 0 saturated carbocycles. The number of aliphatic hydroxyl groups excluding tert-OH is 1. The molecule has 0 unspecified atom stereocenters. The van der Waals surface area contributed by atoms with Crippen molar-refractivity contribution in [3.63, 3.8) is 0 Å². The second-order valence-corrected chi connectivity index (χ2v) is 6.33. The van der Waals surface area contributed by atoms with E-state index >= 15 is 0 Å². The lowest BCUT2D eigenvalue weighted by Crippen LogP contribution is -2.44. The summed E-state index contributed by atoms with van der Waals surface area (Å²) in [7, 11) is 1.20. The van der Waals surface area contributed by atoms with E-state index in [1.54, 1.807) is 6.20 Å². The highest BCUT2D eigenvalue weighted by atomic mass is 16.5. The fourth-order valence-electron chi connectivity index (χ4n) is 2.97. The number of carbonyl (C=O) groups is 2. The minimum absolute atomic E-state index is 0.196. The molecule has 1 amide bonds. The Labute approximate surface area is 157 Å². The number of nitrogens with zero attached hydrogens (tertiary/aromatic N) is 2. The Balaban J connectivity index is 2.37. The van der Waals surface area contributed by atoms with Crippen molar-refractivity contribution in [1.29, 1.82) is 0 Å². The van der Waals surface area contributed by atoms with Crippen molar-refractivity contribution in [2.24, 2.45) is 0 Å². The van der Waals surface area contributed by atoms with Gasteiger partial charge in [-0.25, -0.2) is 9.78 Å². The van der Waals surface area contributed by atoms with Crippen LogP contribution in [0.5, 0.6) is 0 Å². The molecule has 1 atom stereocenters. The minimum Gasteiger partial charge on any atom is -0.467 e. The van der Waals surface area contributed by atoms with Gasteiger partial charge in [-0.3, -0.25) is 9.89 Å². The summed E-state index contributed by atoms with van der Waals surface area (Å²) in [6.45, 7) is 3.66. The predicted molar refractivity (Wildman–Crippen MR) is 101 cm³/mol. The predicted octanol–water partition coefficient (Wildman–Crippen LogP) is 1.60. The summed E-state index contributed by atoms with van der Waals surface area (Å²) in [6.07, 6.45) is 6.97. The van der Waals surface area contributed by atoms with Crippen LogP contribution in [0.3, 0.4) is 0 Å². The monoisotopic (exact) mass is 377 g/mol. The van der Waals surface area contributed by atoms with Crippen molar-refractivity contribution in [3.8, 4) is 0 Å². The Morgan fingerprint density at radius 1 is 1.26 bits per heavy atom. The van der Waals surface area contributed by atoms with Crippen LogP contribution in [-0.4, -0.2) is 58.0 Å². The third-order valence-electron chi connectivity index (χ3n) is 4.32. The molecule has 2 aromatic rings. The highest BCUT2D eigenvalue weighted by molar-refractivity contribution is 6.07. The average molecular weight is 377 g/mol. The molecule has 9 nitrogen and oxygen atoms in total. The van der Waals surface area contributed by atoms with Gasteiger partial charge >= 0.3 is 5.97 Å². The first-order chi connectivity index (χ1) is 13.0. The molecule has 9 heteroatoms. The Bertz CT molecular complexity index is 770. The van der Waals surface area contributed by atoms with E-state index in [9.17, 15) is 14.7 Å². The highest BCUT2D eigenvalue weighted by Gasteiger charge is 2.25. The maximum absolute atomic E-state index is 12.8. The number of ether oxygens (including phenoxy) is 1. The summed E-state index contributed by atoms with van der Waals surface area (Å²) < 4.78 is 4.60. The van der Waals surface area contributed by atoms with Crippen LogP contribution < -0.4 is 10.6 Å². The summed E-state index contributed by atoms with van der Waals surface area (Å²) in [4.78, 5) is 28.7. The zero-order valence-electron chi connectivity index (χ0n) is 15.9. The van der Waals surface area contributed by atoms with E-state index in [0.717, 1.165) is 25.7 Å². The van der Waals surface area contributed by atoms with Crippen LogP contribution in [0.2, 0.25) is 0 Å². The number of aliphatic hydroxyl groups is 1. The minimum atomic E-state index is -1.14. The zero-order chi connectivity index (χ0) is 19.8. The lowest BCUT2D eigenvalue weighted by molar-refractivity contribution is -0.143. The number of carbonyl (C=O) groups excluding carboxylic acids is 2. The maximum atomic E-state index is 12.8. The van der Waals surface area contributed by atoms with E-state index in [1.807, 2.05) is 0 Å². The first-order valence-electron chi connectivity index (χ1n) is 9.13. The van der Waals surface area contributed by atoms with Crippen LogP contribution in [0.4, 0.5) is 5.69 Å². The summed E-state index contributed by atoms with van der Waals surface area (Å²) in [5.74, 6) is -1.24. The Kier molecular flexibility index (Phi) is 7.54. The normalized spacial score (nSPS) is 12.2. The molecule has 27 heavy (non-hydrogen) atoms. The van der Waals surface area contributed by atoms with Gasteiger partial charge in [-0.15, -0.1) is 0 Å². The van der Waals surface area contributed by atoms with Crippen molar-refractivity contribution in [1.82, 2.24) is 20.5 Å². The van der Waals surface area contributed by atoms with Crippen LogP contribution in [0.1, 0.15) is 49.9 Å². The smallest absolute Gasteiger partial charge is 0.330 e. The molecule has 0 aliphatic heterocycles. The van der Waals surface area contributed by atoms with E-state index in [0.29, 0.717) is 16.7 Å². The van der Waals surface area contributed by atoms with Gasteiger partial charge in [0.05, 0.1) is 36.6 Å². The lowest BCUT2D eigenvalue weighted by atomic mass is 10.0. The van der Waals surface area contributed by atoms with Crippen LogP contribution in [0.25, 0.3) is 11.0 Å². The number of aromatic nitrogens is 3. The lowest BCUT2D eigenvalue weighted by Gasteiger charge is -2.22. The summed E-state index contributed by atoms with van der Waals surface area (Å²) in [5.41, 5.74) is 1.45. The molecule has 0 aliphatic rings. The molecule has 0 bridgehead atoms. The average Bonchev–Trinajstić information content (AvgIpc) is 3.15. The topological polar surface area (TPSA) is 129 Å². The number of pyridine rings is 1. The van der Waals surface area contributed by atoms with E-state index in [2.05, 4.69) is 44.4 Å². The molecule has 148 valence electrons. The maximum Gasteiger partial charge on any atom is 0.330 e. The SMILES string of the molecule is CCCC(CCC)Nc1c(C(=O)N[C@@H](CO)C(=O)OC)cnc2[nH]ncc12. The van der Waals surface area contributed by atoms with Crippen molar-refractivity contribution >= 4 is 28.6 Å². The number of methoxy groups -OCH3 is 1. The third kappa shape index (κ3) is 4.94. The van der Waals surface area contributed by atoms with Crippen LogP contribution in [0, 0.1) is 0 Å². The molecule has 0 fully saturated rings. The van der Waals surface area contributed by atoms with Crippen LogP contribution in [-0.2, 0) is 9.53 Å². The quantitative estimate of drug-likeness (QED) is 0.463. The number of H-pyrrole nitrogens is 1. The molecule has 0 spiro atoms. The second-order valence-electron chi connectivity index (χ2n) is 6.33. The molecule has 2 aromatic heterocycles. The van der Waals surface area contributed by atoms with Gasteiger partial charge in [0.2, 0.25) is 0 Å². The van der Waals surface area contributed by atoms with E-state index in [4.69, 9.17) is 0 Å². The molecule has 0 aromatic carbocycles. The van der Waals surface area contributed by atoms with Crippen LogP contribution >= 0.6 is 0 Å². The van der Waals surface area contributed by atoms with Crippen molar-refractivity contribution in [2.45, 2.75) is 51.6 Å². The molecular formula is C18H27N5O4. The van der Waals surface area contributed by atoms with Crippen molar-refractivity contribution < 1.29 is 19.4 Å². The number of hydrogen-bond donors (Lipinski definition) is 4. The number of fused-ring (bicyclic) bond motifs is 1. The third-order valence-corrected chi connectivity index (χ3v) is 4.32. The first kappa shape index (κ1) is 20.6. The number of aromatic amines is 1. The standard InChI is InChI=1S/C18H27N5O4/c1-4-6-11(7-5-2)21-15-12-9-20-23-16(12)19-8-13(15)17(25)22-14(10-24)18(26)27-3/h8-9,11,14,24H,4-7,10H2,1-3H3,(H,22,25)(H2,19,20,21,23)/t14-/m0/s1. The first-order valence-corrected chi connectivity index (χ1v) is 9.13. The number of rotatable bonds is 10. The van der Waals surface area contributed by atoms with Gasteiger partial charge in [0.1, 0.15) is 0 Å². The number of nitrogens with one attached hydrogen (secondary N) is 3. The Hall–Kier alpha value is -2.68. The van der Waals surface area contributed by atoms with Crippen LogP contribution in [0.15, 0.2) is 12.4 Å². The van der Waals surface area contributed by atoms with Gasteiger partial charge in [-0.1, -0.05) is 26.7 Å². The molecule has 0 saturated heterocycles.